The number of nitrogens with one attached hydrogen (secondary N) is 1. The molecule has 18 heavy (non-hydrogen) atoms. The van der Waals surface area contributed by atoms with Crippen molar-refractivity contribution in [2.24, 2.45) is 0 Å². The number of carbonyl (C=O) groups is 1. The molecule has 0 spiro atoms. The van der Waals surface area contributed by atoms with Gasteiger partial charge in [0.2, 0.25) is 0 Å². The SMILES string of the molecule is Bc1ccc2c(c1)CCC2NC(=O)OC(C)(C)C. The summed E-state index contributed by atoms with van der Waals surface area (Å²) in [6.07, 6.45) is 1.65. The Morgan fingerprint density at radius 2 is 2.17 bits per heavy atom. The Morgan fingerprint density at radius 1 is 1.44 bits per heavy atom. The average molecular weight is 245 g/mol. The summed E-state index contributed by atoms with van der Waals surface area (Å²) in [5.74, 6) is 0. The average Bonchev–Trinajstić information content (AvgIpc) is 2.57. The van der Waals surface area contributed by atoms with E-state index in [1.807, 2.05) is 20.8 Å². The Hall–Kier alpha value is -1.45. The molecule has 1 unspecified atom stereocenters. The highest BCUT2D eigenvalue weighted by Crippen LogP contribution is 2.30. The van der Waals surface area contributed by atoms with Gasteiger partial charge in [-0.25, -0.2) is 4.79 Å². The molecule has 0 fully saturated rings. The number of carbonyl (C=O) groups excluding carboxylic acids is 1. The van der Waals surface area contributed by atoms with Crippen LogP contribution < -0.4 is 10.8 Å². The molecule has 0 aliphatic heterocycles. The van der Waals surface area contributed by atoms with Crippen LogP contribution in [0, 0.1) is 0 Å². The fraction of sp³-hybridized carbons (Fsp3) is 0.500. The Kier molecular flexibility index (Phi) is 3.37. The molecule has 0 aromatic heterocycles. The summed E-state index contributed by atoms with van der Waals surface area (Å²) in [4.78, 5) is 11.8. The van der Waals surface area contributed by atoms with Crippen LogP contribution in [0.25, 0.3) is 0 Å². The zero-order valence-corrected chi connectivity index (χ0v) is 11.5. The maximum absolute atomic E-state index is 11.8. The molecule has 96 valence electrons. The van der Waals surface area contributed by atoms with E-state index in [2.05, 4.69) is 31.4 Å². The van der Waals surface area contributed by atoms with Gasteiger partial charge in [0.25, 0.3) is 0 Å². The quantitative estimate of drug-likeness (QED) is 0.760. The topological polar surface area (TPSA) is 38.3 Å². The molecule has 1 atom stereocenters. The van der Waals surface area contributed by atoms with Crippen LogP contribution in [-0.4, -0.2) is 19.5 Å². The highest BCUT2D eigenvalue weighted by atomic mass is 16.6. The van der Waals surface area contributed by atoms with Gasteiger partial charge in [-0.3, -0.25) is 0 Å². The van der Waals surface area contributed by atoms with Gasteiger partial charge in [0, 0.05) is 0 Å². The summed E-state index contributed by atoms with van der Waals surface area (Å²) >= 11 is 0. The van der Waals surface area contributed by atoms with Crippen LogP contribution in [0.5, 0.6) is 0 Å². The van der Waals surface area contributed by atoms with E-state index >= 15 is 0 Å². The molecule has 0 saturated heterocycles. The standard InChI is InChI=1S/C14H20BNO2/c1-14(2,3)18-13(17)16-12-7-4-9-8-10(15)5-6-11(9)12/h5-6,8,12H,4,7,15H2,1-3H3,(H,16,17). The van der Waals surface area contributed by atoms with Crippen molar-refractivity contribution < 1.29 is 9.53 Å². The molecule has 1 amide bonds. The van der Waals surface area contributed by atoms with Crippen molar-refractivity contribution in [3.05, 3.63) is 29.3 Å². The minimum Gasteiger partial charge on any atom is -0.444 e. The van der Waals surface area contributed by atoms with Crippen molar-refractivity contribution in [3.63, 3.8) is 0 Å². The van der Waals surface area contributed by atoms with E-state index in [1.54, 1.807) is 0 Å². The van der Waals surface area contributed by atoms with Crippen molar-refractivity contribution in [1.29, 1.82) is 0 Å². The maximum Gasteiger partial charge on any atom is 0.408 e. The molecule has 0 saturated carbocycles. The minimum atomic E-state index is -0.446. The van der Waals surface area contributed by atoms with Gasteiger partial charge in [0.15, 0.2) is 0 Å². The van der Waals surface area contributed by atoms with E-state index in [9.17, 15) is 4.79 Å². The third-order valence-corrected chi connectivity index (χ3v) is 3.07. The van der Waals surface area contributed by atoms with Gasteiger partial charge in [-0.05, 0) is 44.7 Å². The molecule has 0 heterocycles. The van der Waals surface area contributed by atoms with Gasteiger partial charge in [-0.1, -0.05) is 23.7 Å². The van der Waals surface area contributed by atoms with Gasteiger partial charge in [0.05, 0.1) is 6.04 Å². The Labute approximate surface area is 109 Å². The number of hydrogen-bond donors (Lipinski definition) is 1. The number of ether oxygens (including phenoxy) is 1. The van der Waals surface area contributed by atoms with Crippen molar-refractivity contribution in [2.75, 3.05) is 0 Å². The Bertz CT molecular complexity index is 465. The number of amides is 1. The van der Waals surface area contributed by atoms with Crippen LogP contribution >= 0.6 is 0 Å². The lowest BCUT2D eigenvalue weighted by Gasteiger charge is -2.22. The van der Waals surface area contributed by atoms with E-state index in [4.69, 9.17) is 4.74 Å². The number of fused-ring (bicyclic) bond motifs is 1. The predicted molar refractivity (Wildman–Crippen MR) is 75.1 cm³/mol. The normalized spacial score (nSPS) is 18.3. The highest BCUT2D eigenvalue weighted by Gasteiger charge is 2.25. The molecular formula is C14H20BNO2. The van der Waals surface area contributed by atoms with Crippen molar-refractivity contribution >= 4 is 19.4 Å². The fourth-order valence-corrected chi connectivity index (χ4v) is 2.35. The van der Waals surface area contributed by atoms with Crippen LogP contribution in [0.3, 0.4) is 0 Å². The Balaban J connectivity index is 2.04. The molecule has 1 aliphatic carbocycles. The summed E-state index contributed by atoms with van der Waals surface area (Å²) in [5.41, 5.74) is 3.40. The molecular weight excluding hydrogens is 225 g/mol. The third kappa shape index (κ3) is 3.06. The first-order valence-electron chi connectivity index (χ1n) is 6.44. The van der Waals surface area contributed by atoms with Gasteiger partial charge >= 0.3 is 6.09 Å². The second kappa shape index (κ2) is 4.67. The predicted octanol–water partition coefficient (Wildman–Crippen LogP) is 1.46. The van der Waals surface area contributed by atoms with Gasteiger partial charge in [-0.2, -0.15) is 0 Å². The highest BCUT2D eigenvalue weighted by molar-refractivity contribution is 6.32. The van der Waals surface area contributed by atoms with E-state index in [1.165, 1.54) is 16.6 Å². The zero-order valence-electron chi connectivity index (χ0n) is 11.5. The first kappa shape index (κ1) is 13.0. The van der Waals surface area contributed by atoms with Crippen LogP contribution in [0.4, 0.5) is 4.79 Å². The molecule has 1 aliphatic rings. The van der Waals surface area contributed by atoms with Gasteiger partial charge in [0.1, 0.15) is 13.4 Å². The third-order valence-electron chi connectivity index (χ3n) is 3.07. The number of benzene rings is 1. The molecule has 1 aromatic carbocycles. The molecule has 0 radical (unpaired) electrons. The summed E-state index contributed by atoms with van der Waals surface area (Å²) in [5, 5.41) is 2.95. The van der Waals surface area contributed by atoms with Crippen molar-refractivity contribution in [3.8, 4) is 0 Å². The number of hydrogen-bond acceptors (Lipinski definition) is 2. The van der Waals surface area contributed by atoms with Crippen LogP contribution in [0.15, 0.2) is 18.2 Å². The molecule has 1 aromatic rings. The van der Waals surface area contributed by atoms with Crippen LogP contribution in [0.1, 0.15) is 44.4 Å². The smallest absolute Gasteiger partial charge is 0.408 e. The van der Waals surface area contributed by atoms with Gasteiger partial charge in [-0.15, -0.1) is 0 Å². The second-order valence-electron chi connectivity index (χ2n) is 5.94. The summed E-state index contributed by atoms with van der Waals surface area (Å²) in [6.45, 7) is 5.62. The van der Waals surface area contributed by atoms with E-state index in [0.29, 0.717) is 0 Å². The summed E-state index contributed by atoms with van der Waals surface area (Å²) < 4.78 is 5.29. The molecule has 0 bridgehead atoms. The van der Waals surface area contributed by atoms with Crippen molar-refractivity contribution in [1.82, 2.24) is 5.32 Å². The number of rotatable bonds is 1. The second-order valence-corrected chi connectivity index (χ2v) is 5.94. The van der Waals surface area contributed by atoms with Crippen LogP contribution in [0.2, 0.25) is 0 Å². The first-order chi connectivity index (χ1) is 8.35. The molecule has 2 rings (SSSR count). The van der Waals surface area contributed by atoms with E-state index in [-0.39, 0.29) is 12.1 Å². The fourth-order valence-electron chi connectivity index (χ4n) is 2.35. The number of alkyl carbamates (subject to hydrolysis) is 1. The van der Waals surface area contributed by atoms with E-state index in [0.717, 1.165) is 12.8 Å². The van der Waals surface area contributed by atoms with Gasteiger partial charge < -0.3 is 10.1 Å². The lowest BCUT2D eigenvalue weighted by Crippen LogP contribution is -2.34. The maximum atomic E-state index is 11.8. The van der Waals surface area contributed by atoms with Crippen molar-refractivity contribution in [2.45, 2.75) is 45.3 Å². The van der Waals surface area contributed by atoms with E-state index < -0.39 is 5.60 Å². The minimum absolute atomic E-state index is 0.0930. The first-order valence-corrected chi connectivity index (χ1v) is 6.44. The lowest BCUT2D eigenvalue weighted by atomic mass is 9.92. The van der Waals surface area contributed by atoms with Crippen LogP contribution in [-0.2, 0) is 11.2 Å². The molecule has 4 heteroatoms. The monoisotopic (exact) mass is 245 g/mol. The zero-order chi connectivity index (χ0) is 13.3. The summed E-state index contributed by atoms with van der Waals surface area (Å²) in [7, 11) is 2.09. The molecule has 3 nitrogen and oxygen atoms in total. The lowest BCUT2D eigenvalue weighted by molar-refractivity contribution is 0.0504. The molecule has 1 N–H and O–H groups in total. The summed E-state index contributed by atoms with van der Waals surface area (Å²) in [6, 6.07) is 6.50. The number of aryl methyl sites for hydroxylation is 1. The Morgan fingerprint density at radius 3 is 2.83 bits per heavy atom. The largest absolute Gasteiger partial charge is 0.444 e.